The average Bonchev–Trinajstić information content (AvgIpc) is 2.35. The van der Waals surface area contributed by atoms with Gasteiger partial charge < -0.3 is 9.84 Å². The first kappa shape index (κ1) is 13.7. The summed E-state index contributed by atoms with van der Waals surface area (Å²) in [6, 6.07) is 9.72. The molecule has 0 saturated carbocycles. The van der Waals surface area contributed by atoms with Gasteiger partial charge in [-0.2, -0.15) is 0 Å². The van der Waals surface area contributed by atoms with E-state index in [9.17, 15) is 9.90 Å². The van der Waals surface area contributed by atoms with Gasteiger partial charge in [-0.15, -0.1) is 0 Å². The van der Waals surface area contributed by atoms with Crippen molar-refractivity contribution in [2.75, 3.05) is 13.7 Å². The van der Waals surface area contributed by atoms with Crippen molar-refractivity contribution in [2.24, 2.45) is 0 Å². The maximum atomic E-state index is 11.3. The van der Waals surface area contributed by atoms with Gasteiger partial charge in [0.2, 0.25) is 0 Å². The van der Waals surface area contributed by atoms with Gasteiger partial charge in [-0.3, -0.25) is 10.1 Å². The van der Waals surface area contributed by atoms with Gasteiger partial charge in [-0.05, 0) is 12.0 Å². The van der Waals surface area contributed by atoms with Crippen molar-refractivity contribution < 1.29 is 14.6 Å². The number of carboxylic acids is 1. The topological polar surface area (TPSA) is 58.6 Å². The van der Waals surface area contributed by atoms with E-state index in [0.717, 1.165) is 5.56 Å². The highest BCUT2D eigenvalue weighted by atomic mass is 16.5. The Hall–Kier alpha value is -1.39. The predicted octanol–water partition coefficient (Wildman–Crippen LogP) is 1.66. The Kier molecular flexibility index (Phi) is 5.12. The summed E-state index contributed by atoms with van der Waals surface area (Å²) in [6.45, 7) is 2.52. The minimum atomic E-state index is -1.01. The van der Waals surface area contributed by atoms with E-state index in [1.807, 2.05) is 37.3 Å². The first-order valence-electron chi connectivity index (χ1n) is 5.66. The van der Waals surface area contributed by atoms with E-state index in [4.69, 9.17) is 4.74 Å². The van der Waals surface area contributed by atoms with E-state index in [0.29, 0.717) is 13.0 Å². The molecule has 4 nitrogen and oxygen atoms in total. The second kappa shape index (κ2) is 6.37. The van der Waals surface area contributed by atoms with Gasteiger partial charge in [0.25, 0.3) is 0 Å². The molecule has 4 heteroatoms. The molecule has 0 amide bonds. The molecule has 1 rings (SSSR count). The van der Waals surface area contributed by atoms with E-state index in [1.165, 1.54) is 7.11 Å². The minimum absolute atomic E-state index is 0.158. The summed E-state index contributed by atoms with van der Waals surface area (Å²) in [7, 11) is 1.51. The number of carbonyl (C=O) groups is 1. The Bertz CT molecular complexity index is 353. The first-order chi connectivity index (χ1) is 8.14. The molecule has 0 aliphatic heterocycles. The Morgan fingerprint density at radius 2 is 2.06 bits per heavy atom. The average molecular weight is 237 g/mol. The van der Waals surface area contributed by atoms with Gasteiger partial charge in [0, 0.05) is 13.7 Å². The highest BCUT2D eigenvalue weighted by molar-refractivity contribution is 5.79. The van der Waals surface area contributed by atoms with Crippen LogP contribution in [-0.2, 0) is 16.1 Å². The summed E-state index contributed by atoms with van der Waals surface area (Å²) in [6.07, 6.45) is 0.475. The molecule has 0 aliphatic rings. The number of hydrogen-bond acceptors (Lipinski definition) is 3. The highest BCUT2D eigenvalue weighted by Gasteiger charge is 2.36. The zero-order valence-electron chi connectivity index (χ0n) is 10.3. The number of ether oxygens (including phenoxy) is 1. The van der Waals surface area contributed by atoms with E-state index >= 15 is 0 Å². The molecule has 0 aromatic heterocycles. The molecule has 1 atom stereocenters. The van der Waals surface area contributed by atoms with E-state index in [-0.39, 0.29) is 6.61 Å². The van der Waals surface area contributed by atoms with E-state index < -0.39 is 11.5 Å². The fraction of sp³-hybridized carbons (Fsp3) is 0.462. The molecule has 0 saturated heterocycles. The molecule has 1 aromatic rings. The summed E-state index contributed by atoms with van der Waals surface area (Å²) in [5.41, 5.74) is 0.0487. The maximum absolute atomic E-state index is 11.3. The monoisotopic (exact) mass is 237 g/mol. The van der Waals surface area contributed by atoms with Gasteiger partial charge in [0.15, 0.2) is 0 Å². The molecule has 2 N–H and O–H groups in total. The molecular formula is C13H19NO3. The third kappa shape index (κ3) is 3.54. The van der Waals surface area contributed by atoms with Crippen molar-refractivity contribution in [3.8, 4) is 0 Å². The molecule has 1 unspecified atom stereocenters. The number of nitrogens with one attached hydrogen (secondary N) is 1. The molecule has 1 aromatic carbocycles. The van der Waals surface area contributed by atoms with Crippen LogP contribution in [-0.4, -0.2) is 30.3 Å². The van der Waals surface area contributed by atoms with Crippen LogP contribution in [0.1, 0.15) is 18.9 Å². The van der Waals surface area contributed by atoms with Crippen molar-refractivity contribution in [1.29, 1.82) is 0 Å². The third-order valence-corrected chi connectivity index (χ3v) is 2.88. The number of carboxylic acid groups (broad SMARTS) is 1. The summed E-state index contributed by atoms with van der Waals surface area (Å²) < 4.78 is 5.00. The van der Waals surface area contributed by atoms with Crippen molar-refractivity contribution in [2.45, 2.75) is 25.4 Å². The Morgan fingerprint density at radius 3 is 2.53 bits per heavy atom. The number of methoxy groups -OCH3 is 1. The van der Waals surface area contributed by atoms with Gasteiger partial charge in [-0.1, -0.05) is 37.3 Å². The molecule has 94 valence electrons. The summed E-state index contributed by atoms with van der Waals surface area (Å²) in [4.78, 5) is 11.3. The maximum Gasteiger partial charge on any atom is 0.326 e. The lowest BCUT2D eigenvalue weighted by atomic mass is 9.97. The van der Waals surface area contributed by atoms with Crippen molar-refractivity contribution >= 4 is 5.97 Å². The number of aliphatic carboxylic acids is 1. The SMILES string of the molecule is CCC(COC)(NCc1ccccc1)C(=O)O. The van der Waals surface area contributed by atoms with Crippen LogP contribution in [0, 0.1) is 0 Å². The molecule has 0 aliphatic carbocycles. The minimum Gasteiger partial charge on any atom is -0.480 e. The van der Waals surface area contributed by atoms with E-state index in [1.54, 1.807) is 0 Å². The van der Waals surface area contributed by atoms with Crippen LogP contribution in [0.2, 0.25) is 0 Å². The standard InChI is InChI=1S/C13H19NO3/c1-3-13(10-17-2,12(15)16)14-9-11-7-5-4-6-8-11/h4-8,14H,3,9-10H2,1-2H3,(H,15,16). The summed E-state index contributed by atoms with van der Waals surface area (Å²) in [5.74, 6) is -0.877. The molecule has 0 bridgehead atoms. The molecule has 0 spiro atoms. The van der Waals surface area contributed by atoms with Crippen LogP contribution in [0.5, 0.6) is 0 Å². The van der Waals surface area contributed by atoms with Crippen LogP contribution in [0.4, 0.5) is 0 Å². The van der Waals surface area contributed by atoms with Crippen molar-refractivity contribution in [3.63, 3.8) is 0 Å². The van der Waals surface area contributed by atoms with Crippen molar-refractivity contribution in [1.82, 2.24) is 5.32 Å². The smallest absolute Gasteiger partial charge is 0.326 e. The summed E-state index contributed by atoms with van der Waals surface area (Å²) in [5, 5.41) is 12.4. The zero-order chi connectivity index (χ0) is 12.7. The third-order valence-electron chi connectivity index (χ3n) is 2.88. The largest absolute Gasteiger partial charge is 0.480 e. The van der Waals surface area contributed by atoms with Gasteiger partial charge in [0.05, 0.1) is 6.61 Å². The Morgan fingerprint density at radius 1 is 1.41 bits per heavy atom. The van der Waals surface area contributed by atoms with Crippen LogP contribution in [0.3, 0.4) is 0 Å². The Labute approximate surface area is 102 Å². The van der Waals surface area contributed by atoms with Crippen molar-refractivity contribution in [3.05, 3.63) is 35.9 Å². The van der Waals surface area contributed by atoms with Crippen LogP contribution in [0.15, 0.2) is 30.3 Å². The summed E-state index contributed by atoms with van der Waals surface area (Å²) >= 11 is 0. The second-order valence-electron chi connectivity index (χ2n) is 4.01. The second-order valence-corrected chi connectivity index (χ2v) is 4.01. The van der Waals surface area contributed by atoms with Gasteiger partial charge in [0.1, 0.15) is 5.54 Å². The number of hydrogen-bond donors (Lipinski definition) is 2. The highest BCUT2D eigenvalue weighted by Crippen LogP contribution is 2.13. The fourth-order valence-corrected chi connectivity index (χ4v) is 1.68. The van der Waals surface area contributed by atoms with Gasteiger partial charge >= 0.3 is 5.97 Å². The quantitative estimate of drug-likeness (QED) is 0.757. The Balaban J connectivity index is 2.70. The number of benzene rings is 1. The normalized spacial score (nSPS) is 14.2. The fourth-order valence-electron chi connectivity index (χ4n) is 1.68. The molecule has 0 heterocycles. The lowest BCUT2D eigenvalue weighted by Gasteiger charge is -2.28. The number of rotatable bonds is 7. The van der Waals surface area contributed by atoms with Crippen LogP contribution >= 0.6 is 0 Å². The molecular weight excluding hydrogens is 218 g/mol. The predicted molar refractivity (Wildman–Crippen MR) is 65.8 cm³/mol. The lowest BCUT2D eigenvalue weighted by Crippen LogP contribution is -2.54. The molecule has 17 heavy (non-hydrogen) atoms. The lowest BCUT2D eigenvalue weighted by molar-refractivity contribution is -0.147. The van der Waals surface area contributed by atoms with Crippen LogP contribution < -0.4 is 5.32 Å². The van der Waals surface area contributed by atoms with Crippen LogP contribution in [0.25, 0.3) is 0 Å². The molecule has 0 radical (unpaired) electrons. The first-order valence-corrected chi connectivity index (χ1v) is 5.66. The van der Waals surface area contributed by atoms with Gasteiger partial charge in [-0.25, -0.2) is 0 Å². The molecule has 0 fully saturated rings. The van der Waals surface area contributed by atoms with E-state index in [2.05, 4.69) is 5.32 Å². The zero-order valence-corrected chi connectivity index (χ0v) is 10.3.